The molecular formula is C80H156NO8P. The van der Waals surface area contributed by atoms with Crippen molar-refractivity contribution >= 4 is 19.8 Å². The highest BCUT2D eigenvalue weighted by molar-refractivity contribution is 7.45. The molecule has 10 heteroatoms. The smallest absolute Gasteiger partial charge is 0.306 e. The molecule has 0 amide bonds. The average molecular weight is 1290 g/mol. The lowest BCUT2D eigenvalue weighted by Gasteiger charge is -2.28. The molecule has 0 rings (SSSR count). The van der Waals surface area contributed by atoms with Gasteiger partial charge in [-0.15, -0.1) is 0 Å². The second-order valence-electron chi connectivity index (χ2n) is 28.8. The van der Waals surface area contributed by atoms with Gasteiger partial charge >= 0.3 is 11.9 Å². The average Bonchev–Trinajstić information content (AvgIpc) is 3.56. The van der Waals surface area contributed by atoms with Crippen molar-refractivity contribution in [2.45, 2.75) is 431 Å². The van der Waals surface area contributed by atoms with E-state index in [1.54, 1.807) is 0 Å². The summed E-state index contributed by atoms with van der Waals surface area (Å²) in [6.45, 7) is 4.33. The van der Waals surface area contributed by atoms with Crippen LogP contribution in [0.3, 0.4) is 0 Å². The van der Waals surface area contributed by atoms with E-state index in [4.69, 9.17) is 18.5 Å². The zero-order valence-corrected chi connectivity index (χ0v) is 62.0. The number of unbranched alkanes of at least 4 members (excludes halogenated alkanes) is 58. The molecule has 534 valence electrons. The highest BCUT2D eigenvalue weighted by atomic mass is 31.2. The summed E-state index contributed by atoms with van der Waals surface area (Å²) in [5.41, 5.74) is 0. The van der Waals surface area contributed by atoms with Crippen LogP contribution in [0.4, 0.5) is 0 Å². The molecule has 0 aromatic rings. The maximum Gasteiger partial charge on any atom is 0.306 e. The van der Waals surface area contributed by atoms with E-state index in [1.807, 2.05) is 21.1 Å². The first-order valence-electron chi connectivity index (χ1n) is 40.0. The third-order valence-electron chi connectivity index (χ3n) is 18.4. The summed E-state index contributed by atoms with van der Waals surface area (Å²) in [5.74, 6) is -0.805. The molecule has 2 atom stereocenters. The Balaban J connectivity index is 3.91. The number of allylic oxidation sites excluding steroid dienone is 4. The zero-order valence-electron chi connectivity index (χ0n) is 61.1. The van der Waals surface area contributed by atoms with E-state index in [-0.39, 0.29) is 32.0 Å². The van der Waals surface area contributed by atoms with Crippen LogP contribution < -0.4 is 4.89 Å². The van der Waals surface area contributed by atoms with Gasteiger partial charge in [-0.1, -0.05) is 372 Å². The quantitative estimate of drug-likeness (QED) is 0.0195. The molecular weight excluding hydrogens is 1130 g/mol. The summed E-state index contributed by atoms with van der Waals surface area (Å²) in [6.07, 6.45) is 91.7. The van der Waals surface area contributed by atoms with E-state index in [2.05, 4.69) is 38.2 Å². The molecule has 2 unspecified atom stereocenters. The predicted molar refractivity (Wildman–Crippen MR) is 388 cm³/mol. The van der Waals surface area contributed by atoms with Crippen LogP contribution in [-0.2, 0) is 32.7 Å². The number of hydrogen-bond donors (Lipinski definition) is 0. The standard InChI is InChI=1S/C80H156NO8P/c1-6-8-10-12-14-16-18-20-22-24-26-28-30-32-34-36-38-40-42-44-46-48-50-52-54-56-58-60-62-64-66-68-70-72-79(82)86-76-78(77-88-90(84,85)87-75-74-81(3,4)5)89-80(83)73-71-69-67-65-63-61-59-57-55-53-51-49-47-45-43-41-39-37-35-33-31-29-27-25-23-21-19-17-15-13-11-9-7-2/h24-27,78H,6-23,28-77H2,1-5H3/b26-24-,27-25-. The number of likely N-dealkylation sites (N-methyl/N-ethyl adjacent to an activating group) is 1. The molecule has 0 aromatic carbocycles. The number of phosphoric acid groups is 1. The maximum absolute atomic E-state index is 12.9. The molecule has 0 radical (unpaired) electrons. The lowest BCUT2D eigenvalue weighted by Crippen LogP contribution is -2.37. The van der Waals surface area contributed by atoms with Crippen LogP contribution in [0.5, 0.6) is 0 Å². The zero-order chi connectivity index (χ0) is 65.5. The Hall–Kier alpha value is -1.51. The topological polar surface area (TPSA) is 111 Å². The second kappa shape index (κ2) is 71.8. The summed E-state index contributed by atoms with van der Waals surface area (Å²) in [6, 6.07) is 0. The van der Waals surface area contributed by atoms with Gasteiger partial charge in [0.05, 0.1) is 27.7 Å². The van der Waals surface area contributed by atoms with Crippen LogP contribution in [-0.4, -0.2) is 70.0 Å². The first-order valence-corrected chi connectivity index (χ1v) is 41.5. The lowest BCUT2D eigenvalue weighted by molar-refractivity contribution is -0.870. The number of carbonyl (C=O) groups excluding carboxylic acids is 2. The molecule has 0 heterocycles. The van der Waals surface area contributed by atoms with Gasteiger partial charge in [-0.25, -0.2) is 0 Å². The van der Waals surface area contributed by atoms with Gasteiger partial charge in [-0.05, 0) is 64.2 Å². The number of nitrogens with zero attached hydrogens (tertiary/aromatic N) is 1. The highest BCUT2D eigenvalue weighted by Gasteiger charge is 2.22. The number of quaternary nitrogens is 1. The summed E-state index contributed by atoms with van der Waals surface area (Å²) < 4.78 is 34.4. The normalized spacial score (nSPS) is 13.1. The Kier molecular flexibility index (Phi) is 70.6. The molecule has 0 aliphatic carbocycles. The Morgan fingerprint density at radius 3 is 0.822 bits per heavy atom. The van der Waals surface area contributed by atoms with E-state index in [9.17, 15) is 19.0 Å². The van der Waals surface area contributed by atoms with Gasteiger partial charge in [0, 0.05) is 12.8 Å². The number of carbonyl (C=O) groups is 2. The minimum atomic E-state index is -4.64. The fraction of sp³-hybridized carbons (Fsp3) is 0.925. The van der Waals surface area contributed by atoms with Crippen LogP contribution in [0.1, 0.15) is 425 Å². The van der Waals surface area contributed by atoms with Crippen molar-refractivity contribution in [1.29, 1.82) is 0 Å². The number of esters is 2. The van der Waals surface area contributed by atoms with Crippen molar-refractivity contribution in [2.24, 2.45) is 0 Å². The monoisotopic (exact) mass is 1290 g/mol. The van der Waals surface area contributed by atoms with Crippen molar-refractivity contribution < 1.29 is 42.1 Å². The Morgan fingerprint density at radius 1 is 0.333 bits per heavy atom. The molecule has 0 saturated heterocycles. The fourth-order valence-corrected chi connectivity index (χ4v) is 13.0. The van der Waals surface area contributed by atoms with Crippen molar-refractivity contribution in [1.82, 2.24) is 0 Å². The Bertz CT molecular complexity index is 1560. The van der Waals surface area contributed by atoms with Crippen LogP contribution >= 0.6 is 7.82 Å². The molecule has 0 saturated carbocycles. The van der Waals surface area contributed by atoms with E-state index in [0.717, 1.165) is 32.1 Å². The first-order chi connectivity index (χ1) is 44.0. The van der Waals surface area contributed by atoms with Gasteiger partial charge in [0.2, 0.25) is 0 Å². The van der Waals surface area contributed by atoms with Gasteiger partial charge in [-0.3, -0.25) is 14.2 Å². The molecule has 0 aliphatic heterocycles. The molecule has 0 aromatic heterocycles. The molecule has 0 fully saturated rings. The summed E-state index contributed by atoms with van der Waals surface area (Å²) >= 11 is 0. The number of ether oxygens (including phenoxy) is 2. The molecule has 0 aliphatic rings. The van der Waals surface area contributed by atoms with Gasteiger partial charge in [0.15, 0.2) is 6.10 Å². The Morgan fingerprint density at radius 2 is 0.567 bits per heavy atom. The van der Waals surface area contributed by atoms with E-state index < -0.39 is 26.5 Å². The number of phosphoric ester groups is 1. The van der Waals surface area contributed by atoms with Crippen LogP contribution in [0, 0.1) is 0 Å². The van der Waals surface area contributed by atoms with Crippen molar-refractivity contribution in [3.8, 4) is 0 Å². The third-order valence-corrected chi connectivity index (χ3v) is 19.4. The van der Waals surface area contributed by atoms with Gasteiger partial charge in [0.25, 0.3) is 7.82 Å². The number of rotatable bonds is 76. The van der Waals surface area contributed by atoms with Crippen LogP contribution in [0.2, 0.25) is 0 Å². The van der Waals surface area contributed by atoms with Crippen LogP contribution in [0.15, 0.2) is 24.3 Å². The van der Waals surface area contributed by atoms with Gasteiger partial charge in [-0.2, -0.15) is 0 Å². The summed E-state index contributed by atoms with van der Waals surface area (Å²) in [7, 11) is 1.19. The van der Waals surface area contributed by atoms with E-state index >= 15 is 0 Å². The molecule has 0 spiro atoms. The number of hydrogen-bond acceptors (Lipinski definition) is 8. The largest absolute Gasteiger partial charge is 0.756 e. The van der Waals surface area contributed by atoms with Gasteiger partial charge < -0.3 is 27.9 Å². The van der Waals surface area contributed by atoms with E-state index in [0.29, 0.717) is 17.4 Å². The highest BCUT2D eigenvalue weighted by Crippen LogP contribution is 2.38. The summed E-state index contributed by atoms with van der Waals surface area (Å²) in [4.78, 5) is 38.2. The third kappa shape index (κ3) is 75.5. The van der Waals surface area contributed by atoms with Crippen molar-refractivity contribution in [3.05, 3.63) is 24.3 Å². The van der Waals surface area contributed by atoms with Crippen LogP contribution in [0.25, 0.3) is 0 Å². The second-order valence-corrected chi connectivity index (χ2v) is 30.2. The first kappa shape index (κ1) is 88.5. The summed E-state index contributed by atoms with van der Waals surface area (Å²) in [5, 5.41) is 0. The molecule has 9 nitrogen and oxygen atoms in total. The Labute approximate surface area is 561 Å². The molecule has 0 N–H and O–H groups in total. The molecule has 0 bridgehead atoms. The van der Waals surface area contributed by atoms with Crippen molar-refractivity contribution in [3.63, 3.8) is 0 Å². The van der Waals surface area contributed by atoms with Gasteiger partial charge in [0.1, 0.15) is 19.8 Å². The van der Waals surface area contributed by atoms with E-state index in [1.165, 1.54) is 360 Å². The minimum Gasteiger partial charge on any atom is -0.756 e. The molecule has 90 heavy (non-hydrogen) atoms. The van der Waals surface area contributed by atoms with Crippen molar-refractivity contribution in [2.75, 3.05) is 47.5 Å². The lowest BCUT2D eigenvalue weighted by atomic mass is 10.0. The minimum absolute atomic E-state index is 0.0265. The fourth-order valence-electron chi connectivity index (χ4n) is 12.3. The SMILES string of the molecule is CCCCCCCCCC/C=C\CCCCCCCCCCCCCCCCCCCCCCCC(=O)OCC(COP(=O)([O-])OCC[N+](C)(C)C)OC(=O)CCCCCCCCCCCCCCCCCCCCCCC/C=C\CCCCCCCCCC. The predicted octanol–water partition coefficient (Wildman–Crippen LogP) is 25.8. The maximum atomic E-state index is 12.9.